The average molecular weight is 811 g/mol. The van der Waals surface area contributed by atoms with Gasteiger partial charge in [-0.05, 0) is 178 Å². The lowest BCUT2D eigenvalue weighted by molar-refractivity contribution is -0.118. The van der Waals surface area contributed by atoms with Crippen molar-refractivity contribution in [2.75, 3.05) is 0 Å². The third-order valence-corrected chi connectivity index (χ3v) is 17.9. The highest BCUT2D eigenvalue weighted by atomic mass is 32.2. The van der Waals surface area contributed by atoms with Crippen molar-refractivity contribution >= 4 is 47.4 Å². The van der Waals surface area contributed by atoms with E-state index >= 15 is 0 Å². The molecule has 0 bridgehead atoms. The minimum absolute atomic E-state index is 0.170. The van der Waals surface area contributed by atoms with E-state index in [-0.39, 0.29) is 15.7 Å². The fourth-order valence-corrected chi connectivity index (χ4v) is 14.3. The maximum Gasteiger partial charge on any atom is 0.294 e. The number of benzene rings is 4. The van der Waals surface area contributed by atoms with Gasteiger partial charge in [0.25, 0.3) is 20.2 Å². The van der Waals surface area contributed by atoms with Gasteiger partial charge in [-0.3, -0.25) is 9.11 Å². The van der Waals surface area contributed by atoms with E-state index in [0.29, 0.717) is 27.5 Å². The Morgan fingerprint density at radius 1 is 0.702 bits per heavy atom. The summed E-state index contributed by atoms with van der Waals surface area (Å²) >= 11 is 0. The Balaban J connectivity index is 1.13. The first kappa shape index (κ1) is 40.7. The van der Waals surface area contributed by atoms with Gasteiger partial charge in [0.1, 0.15) is 0 Å². The standard InChI is InChI=1S/C49H62O6S2/c1-31(2)9-6-10-32(3)45-21-22-46-41-20-17-36-27-33(23-25-48(36,4)47(41)24-26-49(45,46)5)28-44(39-13-7-11-34-15-18-37(29-42(34)39)56(50,51)52)40-14-8-12-35-16-19-38(30-43(35)40)57(53,54)55/h7-8,11-16,18-19,28-33,36,41,45-47H,6,9-10,17,20-27H2,1-5H3,(H,50,51,52)(H,53,54,55)/t32?,33?,36?,41?,45-,46?,47?,48+,49-/m1/s1. The molecule has 306 valence electrons. The molecule has 0 heterocycles. The Morgan fingerprint density at radius 2 is 1.28 bits per heavy atom. The number of rotatable bonds is 10. The molecule has 0 aliphatic heterocycles. The Bertz CT molecular complexity index is 2300. The zero-order valence-electron chi connectivity index (χ0n) is 34.5. The van der Waals surface area contributed by atoms with Crippen LogP contribution in [0, 0.1) is 58.2 Å². The second-order valence-corrected chi connectivity index (χ2v) is 22.5. The van der Waals surface area contributed by atoms with E-state index < -0.39 is 20.2 Å². The summed E-state index contributed by atoms with van der Waals surface area (Å²) in [5.41, 5.74) is 3.32. The number of hydrogen-bond donors (Lipinski definition) is 2. The summed E-state index contributed by atoms with van der Waals surface area (Å²) in [6.45, 7) is 12.6. The first-order chi connectivity index (χ1) is 27.0. The predicted octanol–water partition coefficient (Wildman–Crippen LogP) is 12.7. The molecule has 6 unspecified atom stereocenters. The SMILES string of the molecule is CC(C)CCCC(C)[C@H]1CCC2C3CCC4CC(C=C(c5cccc6ccc(S(=O)(=O)O)cc56)c5cccc6ccc(S(=O)(=O)O)cc56)CC[C@]4(C)C3CC[C@@]21C. The van der Waals surface area contributed by atoms with Crippen molar-refractivity contribution in [1.29, 1.82) is 0 Å². The molecule has 8 heteroatoms. The van der Waals surface area contributed by atoms with E-state index in [0.717, 1.165) is 75.8 Å². The van der Waals surface area contributed by atoms with Crippen molar-refractivity contribution in [3.63, 3.8) is 0 Å². The van der Waals surface area contributed by atoms with Gasteiger partial charge in [-0.25, -0.2) is 0 Å². The average Bonchev–Trinajstić information content (AvgIpc) is 3.52. The van der Waals surface area contributed by atoms with Gasteiger partial charge in [0.15, 0.2) is 0 Å². The van der Waals surface area contributed by atoms with Gasteiger partial charge in [-0.15, -0.1) is 0 Å². The molecule has 4 fully saturated rings. The maximum absolute atomic E-state index is 12.4. The predicted molar refractivity (Wildman–Crippen MR) is 231 cm³/mol. The second kappa shape index (κ2) is 15.2. The molecule has 0 spiro atoms. The fourth-order valence-electron chi connectivity index (χ4n) is 13.3. The van der Waals surface area contributed by atoms with E-state index in [1.54, 1.807) is 24.3 Å². The van der Waals surface area contributed by atoms with Crippen LogP contribution in [0.3, 0.4) is 0 Å². The van der Waals surface area contributed by atoms with E-state index in [1.165, 1.54) is 76.3 Å². The van der Waals surface area contributed by atoms with Crippen LogP contribution in [-0.4, -0.2) is 25.9 Å². The molecule has 4 aliphatic rings. The molecule has 4 aromatic carbocycles. The number of allylic oxidation sites excluding steroid dienone is 1. The van der Waals surface area contributed by atoms with Gasteiger partial charge in [-0.2, -0.15) is 16.8 Å². The van der Waals surface area contributed by atoms with E-state index in [4.69, 9.17) is 0 Å². The summed E-state index contributed by atoms with van der Waals surface area (Å²) in [4.78, 5) is -0.340. The Kier molecular flexibility index (Phi) is 10.9. The molecule has 2 N–H and O–H groups in total. The molecule has 0 amide bonds. The van der Waals surface area contributed by atoms with Crippen LogP contribution in [0.15, 0.2) is 88.7 Å². The van der Waals surface area contributed by atoms with Crippen molar-refractivity contribution in [3.8, 4) is 0 Å². The van der Waals surface area contributed by atoms with Crippen molar-refractivity contribution < 1.29 is 25.9 Å². The van der Waals surface area contributed by atoms with Gasteiger partial charge in [0.2, 0.25) is 0 Å². The van der Waals surface area contributed by atoms with Crippen LogP contribution < -0.4 is 0 Å². The van der Waals surface area contributed by atoms with Gasteiger partial charge in [0, 0.05) is 0 Å². The molecular weight excluding hydrogens is 749 g/mol. The number of hydrogen-bond acceptors (Lipinski definition) is 4. The summed E-state index contributed by atoms with van der Waals surface area (Å²) in [5, 5.41) is 3.06. The Morgan fingerprint density at radius 3 is 1.86 bits per heavy atom. The van der Waals surface area contributed by atoms with Crippen molar-refractivity contribution in [3.05, 3.63) is 90.0 Å². The lowest BCUT2D eigenvalue weighted by Gasteiger charge is -2.61. The maximum atomic E-state index is 12.4. The summed E-state index contributed by atoms with van der Waals surface area (Å²) in [5.74, 6) is 5.76. The molecule has 0 radical (unpaired) electrons. The molecule has 57 heavy (non-hydrogen) atoms. The number of fused-ring (bicyclic) bond motifs is 7. The summed E-state index contributed by atoms with van der Waals surface area (Å²) in [7, 11) is -8.91. The highest BCUT2D eigenvalue weighted by molar-refractivity contribution is 7.86. The minimum Gasteiger partial charge on any atom is -0.282 e. The first-order valence-corrected chi connectivity index (χ1v) is 24.6. The summed E-state index contributed by atoms with van der Waals surface area (Å²) < 4.78 is 69.5. The van der Waals surface area contributed by atoms with Crippen LogP contribution >= 0.6 is 0 Å². The summed E-state index contributed by atoms with van der Waals surface area (Å²) in [6.07, 6.45) is 17.9. The monoisotopic (exact) mass is 810 g/mol. The van der Waals surface area contributed by atoms with Crippen LogP contribution in [0.5, 0.6) is 0 Å². The fraction of sp³-hybridized carbons (Fsp3) is 0.551. The van der Waals surface area contributed by atoms with Crippen LogP contribution in [0.2, 0.25) is 0 Å². The van der Waals surface area contributed by atoms with Crippen LogP contribution in [-0.2, 0) is 20.2 Å². The molecule has 4 aliphatic carbocycles. The molecule has 6 nitrogen and oxygen atoms in total. The lowest BCUT2D eigenvalue weighted by atomic mass is 9.44. The van der Waals surface area contributed by atoms with Crippen molar-refractivity contribution in [2.24, 2.45) is 58.2 Å². The largest absolute Gasteiger partial charge is 0.294 e. The van der Waals surface area contributed by atoms with Gasteiger partial charge < -0.3 is 0 Å². The Hall–Kier alpha value is -3.04. The molecular formula is C49H62O6S2. The molecule has 0 aromatic heterocycles. The van der Waals surface area contributed by atoms with Crippen LogP contribution in [0.1, 0.15) is 123 Å². The first-order valence-electron chi connectivity index (χ1n) is 21.7. The van der Waals surface area contributed by atoms with Crippen LogP contribution in [0.4, 0.5) is 0 Å². The third kappa shape index (κ3) is 7.55. The zero-order valence-corrected chi connectivity index (χ0v) is 36.1. The minimum atomic E-state index is -4.45. The Labute approximate surface area is 341 Å². The van der Waals surface area contributed by atoms with E-state index in [2.05, 4.69) is 40.7 Å². The second-order valence-electron chi connectivity index (χ2n) is 19.6. The van der Waals surface area contributed by atoms with E-state index in [9.17, 15) is 25.9 Å². The summed E-state index contributed by atoms with van der Waals surface area (Å²) in [6, 6.07) is 21.1. The van der Waals surface area contributed by atoms with Gasteiger partial charge in [-0.1, -0.05) is 108 Å². The smallest absolute Gasteiger partial charge is 0.282 e. The molecule has 9 atom stereocenters. The van der Waals surface area contributed by atoms with Gasteiger partial charge in [0.05, 0.1) is 9.79 Å². The molecule has 0 saturated heterocycles. The topological polar surface area (TPSA) is 109 Å². The van der Waals surface area contributed by atoms with Crippen molar-refractivity contribution in [2.45, 2.75) is 121 Å². The van der Waals surface area contributed by atoms with E-state index in [1.807, 2.05) is 36.4 Å². The van der Waals surface area contributed by atoms with Gasteiger partial charge >= 0.3 is 0 Å². The normalized spacial score (nSPS) is 30.8. The molecule has 4 saturated carbocycles. The van der Waals surface area contributed by atoms with Crippen LogP contribution in [0.25, 0.3) is 27.1 Å². The highest BCUT2D eigenvalue weighted by Crippen LogP contribution is 2.69. The zero-order chi connectivity index (χ0) is 40.5. The lowest BCUT2D eigenvalue weighted by Crippen LogP contribution is -2.53. The highest BCUT2D eigenvalue weighted by Gasteiger charge is 2.60. The quantitative estimate of drug-likeness (QED) is 0.154. The third-order valence-electron chi connectivity index (χ3n) is 16.2. The molecule has 4 aromatic rings. The molecule has 8 rings (SSSR count). The van der Waals surface area contributed by atoms with Crippen molar-refractivity contribution in [1.82, 2.24) is 0 Å².